The molecule has 1 fully saturated rings. The molecule has 3 rings (SSSR count). The number of nitrogens with one attached hydrogen (secondary N) is 1. The average molecular weight is 290 g/mol. The third-order valence-electron chi connectivity index (χ3n) is 4.11. The minimum Gasteiger partial charge on any atom is -0.454 e. The zero-order chi connectivity index (χ0) is 14.7. The molecule has 1 aromatic rings. The van der Waals surface area contributed by atoms with Crippen LogP contribution in [0.25, 0.3) is 0 Å². The van der Waals surface area contributed by atoms with Gasteiger partial charge in [-0.2, -0.15) is 0 Å². The van der Waals surface area contributed by atoms with Crippen LogP contribution in [0, 0.1) is 5.92 Å². The lowest BCUT2D eigenvalue weighted by Crippen LogP contribution is -2.38. The van der Waals surface area contributed by atoms with Crippen LogP contribution in [0.5, 0.6) is 11.5 Å². The Kier molecular flexibility index (Phi) is 4.66. The van der Waals surface area contributed by atoms with Gasteiger partial charge in [0.15, 0.2) is 11.5 Å². The summed E-state index contributed by atoms with van der Waals surface area (Å²) in [5.74, 6) is 2.43. The summed E-state index contributed by atoms with van der Waals surface area (Å²) >= 11 is 0. The molecule has 1 saturated heterocycles. The van der Waals surface area contributed by atoms with Crippen molar-refractivity contribution < 1.29 is 9.47 Å². The monoisotopic (exact) mass is 290 g/mol. The average Bonchev–Trinajstić information content (AvgIpc) is 3.08. The molecule has 1 atom stereocenters. The maximum absolute atomic E-state index is 5.48. The van der Waals surface area contributed by atoms with Crippen molar-refractivity contribution in [1.82, 2.24) is 10.2 Å². The molecule has 4 nitrogen and oxygen atoms in total. The molecule has 1 aromatic carbocycles. The first-order valence-electron chi connectivity index (χ1n) is 8.05. The van der Waals surface area contributed by atoms with Crippen molar-refractivity contribution in [3.63, 3.8) is 0 Å². The van der Waals surface area contributed by atoms with Crippen LogP contribution in [0.2, 0.25) is 0 Å². The number of benzene rings is 1. The molecule has 0 bridgehead atoms. The molecule has 4 heteroatoms. The van der Waals surface area contributed by atoms with Crippen molar-refractivity contribution in [2.45, 2.75) is 39.3 Å². The molecule has 1 N–H and O–H groups in total. The van der Waals surface area contributed by atoms with Gasteiger partial charge in [-0.15, -0.1) is 0 Å². The van der Waals surface area contributed by atoms with Gasteiger partial charge in [0.1, 0.15) is 0 Å². The van der Waals surface area contributed by atoms with Gasteiger partial charge in [-0.05, 0) is 43.0 Å². The molecule has 2 aliphatic rings. The maximum Gasteiger partial charge on any atom is 0.231 e. The summed E-state index contributed by atoms with van der Waals surface area (Å²) in [5, 5.41) is 3.60. The summed E-state index contributed by atoms with van der Waals surface area (Å²) in [6, 6.07) is 6.96. The second-order valence-corrected chi connectivity index (χ2v) is 6.57. The first kappa shape index (κ1) is 14.7. The van der Waals surface area contributed by atoms with Crippen LogP contribution >= 0.6 is 0 Å². The SMILES string of the molecule is CC(C)CN(Cc1ccc2c(c1)OCO2)CC1CCCN1. The van der Waals surface area contributed by atoms with Crippen LogP contribution in [0.3, 0.4) is 0 Å². The predicted molar refractivity (Wildman–Crippen MR) is 83.7 cm³/mol. The molecule has 0 aromatic heterocycles. The smallest absolute Gasteiger partial charge is 0.231 e. The number of rotatable bonds is 6. The molecular formula is C17H26N2O2. The Bertz CT molecular complexity index is 470. The van der Waals surface area contributed by atoms with E-state index < -0.39 is 0 Å². The molecule has 2 heterocycles. The van der Waals surface area contributed by atoms with Crippen molar-refractivity contribution in [2.75, 3.05) is 26.4 Å². The van der Waals surface area contributed by atoms with Gasteiger partial charge >= 0.3 is 0 Å². The topological polar surface area (TPSA) is 33.7 Å². The van der Waals surface area contributed by atoms with E-state index in [1.807, 2.05) is 6.07 Å². The van der Waals surface area contributed by atoms with Gasteiger partial charge in [0.25, 0.3) is 0 Å². The molecule has 0 spiro atoms. The molecule has 116 valence electrons. The molecule has 1 unspecified atom stereocenters. The van der Waals surface area contributed by atoms with Crippen LogP contribution in [0.15, 0.2) is 18.2 Å². The quantitative estimate of drug-likeness (QED) is 0.873. The summed E-state index contributed by atoms with van der Waals surface area (Å²) in [5.41, 5.74) is 1.30. The van der Waals surface area contributed by atoms with Gasteiger partial charge in [-0.25, -0.2) is 0 Å². The Morgan fingerprint density at radius 3 is 2.90 bits per heavy atom. The van der Waals surface area contributed by atoms with Crippen molar-refractivity contribution >= 4 is 0 Å². The fraction of sp³-hybridized carbons (Fsp3) is 0.647. The van der Waals surface area contributed by atoms with Gasteiger partial charge < -0.3 is 14.8 Å². The van der Waals surface area contributed by atoms with Crippen molar-refractivity contribution in [3.05, 3.63) is 23.8 Å². The highest BCUT2D eigenvalue weighted by atomic mass is 16.7. The predicted octanol–water partition coefficient (Wildman–Crippen LogP) is 2.63. The number of fused-ring (bicyclic) bond motifs is 1. The fourth-order valence-corrected chi connectivity index (χ4v) is 3.24. The lowest BCUT2D eigenvalue weighted by atomic mass is 10.1. The Morgan fingerprint density at radius 1 is 1.29 bits per heavy atom. The van der Waals surface area contributed by atoms with Gasteiger partial charge in [0.2, 0.25) is 6.79 Å². The van der Waals surface area contributed by atoms with Crippen LogP contribution in [-0.4, -0.2) is 37.4 Å². The lowest BCUT2D eigenvalue weighted by Gasteiger charge is -2.27. The van der Waals surface area contributed by atoms with E-state index in [4.69, 9.17) is 9.47 Å². The van der Waals surface area contributed by atoms with Crippen LogP contribution in [0.1, 0.15) is 32.3 Å². The summed E-state index contributed by atoms with van der Waals surface area (Å²) in [6.45, 7) is 9.33. The third-order valence-corrected chi connectivity index (χ3v) is 4.11. The van der Waals surface area contributed by atoms with Gasteiger partial charge in [0.05, 0.1) is 0 Å². The second kappa shape index (κ2) is 6.67. The third kappa shape index (κ3) is 3.89. The Morgan fingerprint density at radius 2 is 2.14 bits per heavy atom. The summed E-state index contributed by atoms with van der Waals surface area (Å²) < 4.78 is 10.9. The van der Waals surface area contributed by atoms with Crippen molar-refractivity contribution in [1.29, 1.82) is 0 Å². The van der Waals surface area contributed by atoms with Gasteiger partial charge in [-0.3, -0.25) is 4.90 Å². The van der Waals surface area contributed by atoms with E-state index in [0.717, 1.165) is 31.1 Å². The molecule has 21 heavy (non-hydrogen) atoms. The Labute approximate surface area is 127 Å². The van der Waals surface area contributed by atoms with E-state index in [1.54, 1.807) is 0 Å². The minimum atomic E-state index is 0.348. The highest BCUT2D eigenvalue weighted by Gasteiger charge is 2.20. The summed E-state index contributed by atoms with van der Waals surface area (Å²) in [7, 11) is 0. The zero-order valence-electron chi connectivity index (χ0n) is 13.1. The summed E-state index contributed by atoms with van der Waals surface area (Å²) in [6.07, 6.45) is 2.61. The maximum atomic E-state index is 5.48. The highest BCUT2D eigenvalue weighted by Crippen LogP contribution is 2.32. The van der Waals surface area contributed by atoms with Gasteiger partial charge in [0, 0.05) is 25.7 Å². The van der Waals surface area contributed by atoms with E-state index in [1.165, 1.54) is 24.9 Å². The molecule has 0 aliphatic carbocycles. The second-order valence-electron chi connectivity index (χ2n) is 6.57. The number of nitrogens with zero attached hydrogens (tertiary/aromatic N) is 1. The molecule has 0 amide bonds. The standard InChI is InChI=1S/C17H26N2O2/c1-13(2)9-19(11-15-4-3-7-18-15)10-14-5-6-16-17(8-14)21-12-20-16/h5-6,8,13,15,18H,3-4,7,9-12H2,1-2H3. The largest absolute Gasteiger partial charge is 0.454 e. The van der Waals surface area contributed by atoms with Crippen LogP contribution in [0.4, 0.5) is 0 Å². The Hall–Kier alpha value is -1.26. The molecular weight excluding hydrogens is 264 g/mol. The van der Waals surface area contributed by atoms with Gasteiger partial charge in [-0.1, -0.05) is 19.9 Å². The molecule has 2 aliphatic heterocycles. The van der Waals surface area contributed by atoms with Crippen molar-refractivity contribution in [3.8, 4) is 11.5 Å². The normalized spacial score (nSPS) is 20.7. The summed E-state index contributed by atoms with van der Waals surface area (Å²) in [4.78, 5) is 2.56. The molecule has 0 radical (unpaired) electrons. The van der Waals surface area contributed by atoms with E-state index in [9.17, 15) is 0 Å². The number of hydrogen-bond donors (Lipinski definition) is 1. The Balaban J connectivity index is 1.65. The van der Waals surface area contributed by atoms with Crippen LogP contribution in [-0.2, 0) is 6.54 Å². The first-order chi connectivity index (χ1) is 10.2. The van der Waals surface area contributed by atoms with Crippen LogP contribution < -0.4 is 14.8 Å². The van der Waals surface area contributed by atoms with E-state index in [0.29, 0.717) is 18.8 Å². The number of hydrogen-bond acceptors (Lipinski definition) is 4. The van der Waals surface area contributed by atoms with E-state index in [-0.39, 0.29) is 0 Å². The van der Waals surface area contributed by atoms with Crippen molar-refractivity contribution in [2.24, 2.45) is 5.92 Å². The fourth-order valence-electron chi connectivity index (χ4n) is 3.24. The minimum absolute atomic E-state index is 0.348. The zero-order valence-corrected chi connectivity index (χ0v) is 13.1. The first-order valence-corrected chi connectivity index (χ1v) is 8.05. The molecule has 0 saturated carbocycles. The number of ether oxygens (including phenoxy) is 2. The lowest BCUT2D eigenvalue weighted by molar-refractivity contribution is 0.174. The van der Waals surface area contributed by atoms with E-state index in [2.05, 4.69) is 36.2 Å². The highest BCUT2D eigenvalue weighted by molar-refractivity contribution is 5.44. The van der Waals surface area contributed by atoms with E-state index >= 15 is 0 Å².